The fourth-order valence-corrected chi connectivity index (χ4v) is 3.80. The molecule has 0 aliphatic carbocycles. The van der Waals surface area contributed by atoms with Gasteiger partial charge in [0.15, 0.2) is 5.96 Å². The van der Waals surface area contributed by atoms with Gasteiger partial charge in [-0.1, -0.05) is 12.1 Å². The quantitative estimate of drug-likeness (QED) is 0.515. The van der Waals surface area contributed by atoms with E-state index in [1.165, 1.54) is 0 Å². The first-order valence-electron chi connectivity index (χ1n) is 8.31. The van der Waals surface area contributed by atoms with E-state index in [0.717, 1.165) is 30.4 Å². The molecule has 0 unspecified atom stereocenters. The minimum Gasteiger partial charge on any atom is -0.462 e. The van der Waals surface area contributed by atoms with Crippen molar-refractivity contribution >= 4 is 23.7 Å². The SMILES string of the molecule is CCOC(=O)c1ccc(CNC(=NC)N2CCSC(C)(C)C2)cc1. The average Bonchev–Trinajstić information content (AvgIpc) is 2.55. The normalized spacial score (nSPS) is 17.5. The molecule has 0 saturated carbocycles. The number of carbonyl (C=O) groups excluding carboxylic acids is 1. The second kappa shape index (κ2) is 8.42. The van der Waals surface area contributed by atoms with E-state index in [0.29, 0.717) is 18.7 Å². The molecule has 6 heteroatoms. The van der Waals surface area contributed by atoms with E-state index < -0.39 is 0 Å². The van der Waals surface area contributed by atoms with Crippen LogP contribution >= 0.6 is 11.8 Å². The van der Waals surface area contributed by atoms with E-state index in [9.17, 15) is 4.79 Å². The molecule has 1 N–H and O–H groups in total. The predicted octanol–water partition coefficient (Wildman–Crippen LogP) is 2.77. The molecule has 0 radical (unpaired) electrons. The Balaban J connectivity index is 1.92. The van der Waals surface area contributed by atoms with Crippen LogP contribution in [0.25, 0.3) is 0 Å². The third-order valence-electron chi connectivity index (χ3n) is 3.85. The second-order valence-electron chi connectivity index (χ2n) is 6.35. The average molecular weight is 350 g/mol. The lowest BCUT2D eigenvalue weighted by Crippen LogP contribution is -2.50. The first-order valence-corrected chi connectivity index (χ1v) is 9.29. The van der Waals surface area contributed by atoms with Gasteiger partial charge < -0.3 is 15.0 Å². The molecular formula is C18H27N3O2S. The largest absolute Gasteiger partial charge is 0.462 e. The zero-order valence-electron chi connectivity index (χ0n) is 15.0. The van der Waals surface area contributed by atoms with Crippen LogP contribution in [0.2, 0.25) is 0 Å². The van der Waals surface area contributed by atoms with Crippen LogP contribution in [0.4, 0.5) is 0 Å². The van der Waals surface area contributed by atoms with Crippen LogP contribution in [0.1, 0.15) is 36.7 Å². The highest BCUT2D eigenvalue weighted by molar-refractivity contribution is 8.00. The van der Waals surface area contributed by atoms with Gasteiger partial charge in [-0.2, -0.15) is 11.8 Å². The van der Waals surface area contributed by atoms with Crippen molar-refractivity contribution in [3.63, 3.8) is 0 Å². The molecule has 0 amide bonds. The number of nitrogens with zero attached hydrogens (tertiary/aromatic N) is 2. The number of hydrogen-bond donors (Lipinski definition) is 1. The second-order valence-corrected chi connectivity index (χ2v) is 8.15. The zero-order chi connectivity index (χ0) is 17.6. The number of benzene rings is 1. The van der Waals surface area contributed by atoms with E-state index in [1.54, 1.807) is 12.1 Å². The van der Waals surface area contributed by atoms with Gasteiger partial charge in [-0.25, -0.2) is 4.79 Å². The monoisotopic (exact) mass is 349 g/mol. The summed E-state index contributed by atoms with van der Waals surface area (Å²) < 4.78 is 5.25. The molecule has 1 saturated heterocycles. The number of guanidine groups is 1. The van der Waals surface area contributed by atoms with Crippen molar-refractivity contribution in [2.75, 3.05) is 32.5 Å². The number of thioether (sulfide) groups is 1. The van der Waals surface area contributed by atoms with Gasteiger partial charge in [-0.15, -0.1) is 0 Å². The molecule has 2 rings (SSSR count). The Labute approximate surface area is 148 Å². The number of rotatable bonds is 4. The molecule has 1 aromatic rings. The molecule has 0 bridgehead atoms. The van der Waals surface area contributed by atoms with Gasteiger partial charge in [-0.3, -0.25) is 4.99 Å². The van der Waals surface area contributed by atoms with Gasteiger partial charge in [0, 0.05) is 37.2 Å². The highest BCUT2D eigenvalue weighted by Crippen LogP contribution is 2.29. The van der Waals surface area contributed by atoms with Crippen molar-refractivity contribution in [3.05, 3.63) is 35.4 Å². The Morgan fingerprint density at radius 3 is 2.67 bits per heavy atom. The van der Waals surface area contributed by atoms with Gasteiger partial charge in [0.2, 0.25) is 0 Å². The predicted molar refractivity (Wildman–Crippen MR) is 101 cm³/mol. The molecule has 1 fully saturated rings. The Kier molecular flexibility index (Phi) is 6.54. The van der Waals surface area contributed by atoms with Crippen molar-refractivity contribution < 1.29 is 9.53 Å². The van der Waals surface area contributed by atoms with Crippen LogP contribution in [0.3, 0.4) is 0 Å². The smallest absolute Gasteiger partial charge is 0.338 e. The fourth-order valence-electron chi connectivity index (χ4n) is 2.68. The maximum absolute atomic E-state index is 11.7. The Bertz CT molecular complexity index is 584. The summed E-state index contributed by atoms with van der Waals surface area (Å²) in [4.78, 5) is 18.4. The molecule has 1 heterocycles. The Morgan fingerprint density at radius 1 is 1.38 bits per heavy atom. The first-order chi connectivity index (χ1) is 11.4. The fraction of sp³-hybridized carbons (Fsp3) is 0.556. The lowest BCUT2D eigenvalue weighted by molar-refractivity contribution is 0.0526. The lowest BCUT2D eigenvalue weighted by Gasteiger charge is -2.39. The molecular weight excluding hydrogens is 322 g/mol. The summed E-state index contributed by atoms with van der Waals surface area (Å²) in [7, 11) is 1.82. The van der Waals surface area contributed by atoms with E-state index in [1.807, 2.05) is 37.9 Å². The number of aliphatic imine (C=N–C) groups is 1. The molecule has 5 nitrogen and oxygen atoms in total. The maximum Gasteiger partial charge on any atom is 0.338 e. The van der Waals surface area contributed by atoms with Gasteiger partial charge in [0.1, 0.15) is 0 Å². The van der Waals surface area contributed by atoms with E-state index >= 15 is 0 Å². The number of ether oxygens (including phenoxy) is 1. The third-order valence-corrected chi connectivity index (χ3v) is 5.15. The first kappa shape index (κ1) is 18.6. The standard InChI is InChI=1S/C18H27N3O2S/c1-5-23-16(22)15-8-6-14(7-9-15)12-20-17(19-4)21-10-11-24-18(2,3)13-21/h6-9H,5,10-13H2,1-4H3,(H,19,20). The lowest BCUT2D eigenvalue weighted by atomic mass is 10.1. The van der Waals surface area contributed by atoms with Crippen molar-refractivity contribution in [2.24, 2.45) is 4.99 Å². The van der Waals surface area contributed by atoms with Crippen molar-refractivity contribution in [1.82, 2.24) is 10.2 Å². The minimum absolute atomic E-state index is 0.247. The van der Waals surface area contributed by atoms with Gasteiger partial charge >= 0.3 is 5.97 Å². The van der Waals surface area contributed by atoms with E-state index in [4.69, 9.17) is 4.74 Å². The van der Waals surface area contributed by atoms with Crippen LogP contribution in [-0.2, 0) is 11.3 Å². The van der Waals surface area contributed by atoms with Crippen molar-refractivity contribution in [1.29, 1.82) is 0 Å². The summed E-state index contributed by atoms with van der Waals surface area (Å²) in [6.45, 7) is 9.41. The summed E-state index contributed by atoms with van der Waals surface area (Å²) in [6.07, 6.45) is 0. The molecule has 1 aliphatic rings. The minimum atomic E-state index is -0.277. The van der Waals surface area contributed by atoms with E-state index in [2.05, 4.69) is 29.1 Å². The summed E-state index contributed by atoms with van der Waals surface area (Å²) in [5, 5.41) is 3.42. The van der Waals surface area contributed by atoms with Gasteiger partial charge in [0.05, 0.1) is 12.2 Å². The number of esters is 1. The Morgan fingerprint density at radius 2 is 2.08 bits per heavy atom. The molecule has 132 valence electrons. The maximum atomic E-state index is 11.7. The molecule has 1 aliphatic heterocycles. The summed E-state index contributed by atoms with van der Waals surface area (Å²) in [5.41, 5.74) is 1.69. The van der Waals surface area contributed by atoms with Crippen LogP contribution in [0.15, 0.2) is 29.3 Å². The zero-order valence-corrected chi connectivity index (χ0v) is 15.8. The van der Waals surface area contributed by atoms with Crippen LogP contribution < -0.4 is 5.32 Å². The highest BCUT2D eigenvalue weighted by atomic mass is 32.2. The number of carbonyl (C=O) groups is 1. The Hall–Kier alpha value is -1.69. The number of hydrogen-bond acceptors (Lipinski definition) is 4. The van der Waals surface area contributed by atoms with E-state index in [-0.39, 0.29) is 10.7 Å². The summed E-state index contributed by atoms with van der Waals surface area (Å²) >= 11 is 2.01. The topological polar surface area (TPSA) is 53.9 Å². The molecule has 0 atom stereocenters. The molecule has 0 spiro atoms. The van der Waals surface area contributed by atoms with Crippen LogP contribution in [-0.4, -0.2) is 54.1 Å². The van der Waals surface area contributed by atoms with Gasteiger partial charge in [0.25, 0.3) is 0 Å². The highest BCUT2D eigenvalue weighted by Gasteiger charge is 2.28. The van der Waals surface area contributed by atoms with Crippen LogP contribution in [0.5, 0.6) is 0 Å². The number of nitrogens with one attached hydrogen (secondary N) is 1. The summed E-state index contributed by atoms with van der Waals surface area (Å²) in [5.74, 6) is 1.76. The van der Waals surface area contributed by atoms with Crippen LogP contribution in [0, 0.1) is 0 Å². The van der Waals surface area contributed by atoms with Crippen molar-refractivity contribution in [3.8, 4) is 0 Å². The molecule has 24 heavy (non-hydrogen) atoms. The van der Waals surface area contributed by atoms with Crippen molar-refractivity contribution in [2.45, 2.75) is 32.1 Å². The van der Waals surface area contributed by atoms with Gasteiger partial charge in [-0.05, 0) is 38.5 Å². The molecule has 0 aromatic heterocycles. The third kappa shape index (κ3) is 5.16. The molecule has 1 aromatic carbocycles. The summed E-state index contributed by atoms with van der Waals surface area (Å²) in [6, 6.07) is 7.50.